The number of ether oxygens (including phenoxy) is 2. The maximum atomic E-state index is 13.3. The van der Waals surface area contributed by atoms with E-state index in [0.29, 0.717) is 23.2 Å². The van der Waals surface area contributed by atoms with Crippen molar-refractivity contribution in [2.45, 2.75) is 64.5 Å². The van der Waals surface area contributed by atoms with Gasteiger partial charge in [-0.25, -0.2) is 4.79 Å². The van der Waals surface area contributed by atoms with Crippen molar-refractivity contribution in [1.82, 2.24) is 15.1 Å². The minimum absolute atomic E-state index is 0.0326. The topological polar surface area (TPSA) is 93.7 Å². The van der Waals surface area contributed by atoms with Crippen LogP contribution in [0.4, 0.5) is 9.93 Å². The molecular formula is C28H34N4O4S. The maximum absolute atomic E-state index is 13.3. The number of carbonyl (C=O) groups is 2. The molecule has 5 rings (SSSR count). The Morgan fingerprint density at radius 2 is 1.92 bits per heavy atom. The van der Waals surface area contributed by atoms with E-state index in [4.69, 9.17) is 9.47 Å². The molecule has 0 spiro atoms. The van der Waals surface area contributed by atoms with Crippen LogP contribution in [0.25, 0.3) is 10.8 Å². The van der Waals surface area contributed by atoms with Gasteiger partial charge in [0.1, 0.15) is 10.6 Å². The zero-order chi connectivity index (χ0) is 26.2. The van der Waals surface area contributed by atoms with Crippen LogP contribution in [0.1, 0.15) is 66.9 Å². The molecule has 2 atom stereocenters. The highest BCUT2D eigenvalue weighted by atomic mass is 32.1. The monoisotopic (exact) mass is 522 g/mol. The van der Waals surface area contributed by atoms with Crippen LogP contribution >= 0.6 is 11.3 Å². The lowest BCUT2D eigenvalue weighted by Gasteiger charge is -2.32. The van der Waals surface area contributed by atoms with Gasteiger partial charge in [0.15, 0.2) is 0 Å². The quantitative estimate of drug-likeness (QED) is 0.442. The molecule has 1 aliphatic heterocycles. The number of benzene rings is 2. The van der Waals surface area contributed by atoms with Crippen molar-refractivity contribution in [2.75, 3.05) is 25.1 Å². The molecule has 3 aromatic rings. The van der Waals surface area contributed by atoms with Gasteiger partial charge in [-0.1, -0.05) is 35.6 Å². The number of nitrogens with zero attached hydrogens (tertiary/aromatic N) is 3. The first-order valence-corrected chi connectivity index (χ1v) is 13.7. The van der Waals surface area contributed by atoms with E-state index in [2.05, 4.69) is 21.6 Å². The Bertz CT molecular complexity index is 1290. The van der Waals surface area contributed by atoms with Crippen molar-refractivity contribution >= 4 is 39.2 Å². The zero-order valence-corrected chi connectivity index (χ0v) is 22.6. The van der Waals surface area contributed by atoms with Crippen molar-refractivity contribution in [3.05, 3.63) is 52.5 Å². The fourth-order valence-corrected chi connectivity index (χ4v) is 5.61. The summed E-state index contributed by atoms with van der Waals surface area (Å²) in [6.45, 7) is 9.68. The number of anilines is 1. The Kier molecular flexibility index (Phi) is 7.18. The lowest BCUT2D eigenvalue weighted by molar-refractivity contribution is 0.0100. The summed E-state index contributed by atoms with van der Waals surface area (Å²) in [5.41, 5.74) is 1.09. The Labute approximate surface area is 221 Å². The number of aromatic nitrogens is 2. The molecule has 0 unspecified atom stereocenters. The zero-order valence-electron chi connectivity index (χ0n) is 21.8. The second-order valence-corrected chi connectivity index (χ2v) is 12.1. The highest BCUT2D eigenvalue weighted by molar-refractivity contribution is 7.15. The van der Waals surface area contributed by atoms with E-state index in [1.165, 1.54) is 11.3 Å². The van der Waals surface area contributed by atoms with Crippen molar-refractivity contribution in [3.8, 4) is 0 Å². The number of aryl methyl sites for hydroxylation is 1. The van der Waals surface area contributed by atoms with E-state index in [1.54, 1.807) is 0 Å². The third-order valence-corrected chi connectivity index (χ3v) is 7.64. The first kappa shape index (κ1) is 25.6. The van der Waals surface area contributed by atoms with Crippen LogP contribution < -0.4 is 5.32 Å². The molecule has 2 aromatic carbocycles. The maximum Gasteiger partial charge on any atom is 0.410 e. The van der Waals surface area contributed by atoms with Gasteiger partial charge in [-0.15, -0.1) is 10.2 Å². The standard InChI is InChI=1S/C28H34N4O4S/c1-17-30-31-26(37-17)29-25(33)20-13-19-7-5-6-8-21(19)22(14-20)23-15-24(23)32(27(34)36-28(2,3)4)16-18-9-11-35-12-10-18/h5-8,13-14,18,23-24H,9-12,15-16H2,1-4H3,(H,29,31,33)/t23-,24+/m0/s1. The van der Waals surface area contributed by atoms with Crippen molar-refractivity contribution in [1.29, 1.82) is 0 Å². The summed E-state index contributed by atoms with van der Waals surface area (Å²) in [4.78, 5) is 28.4. The largest absolute Gasteiger partial charge is 0.444 e. The minimum Gasteiger partial charge on any atom is -0.444 e. The molecule has 8 nitrogen and oxygen atoms in total. The summed E-state index contributed by atoms with van der Waals surface area (Å²) >= 11 is 1.34. The van der Waals surface area contributed by atoms with E-state index >= 15 is 0 Å². The summed E-state index contributed by atoms with van der Waals surface area (Å²) in [6.07, 6.45) is 2.46. The van der Waals surface area contributed by atoms with Gasteiger partial charge in [-0.2, -0.15) is 0 Å². The van der Waals surface area contributed by atoms with E-state index in [1.807, 2.05) is 62.9 Å². The molecule has 1 N–H and O–H groups in total. The number of carbonyl (C=O) groups excluding carboxylic acids is 2. The molecular weight excluding hydrogens is 488 g/mol. The first-order valence-electron chi connectivity index (χ1n) is 12.9. The Hall–Kier alpha value is -3.04. The number of rotatable bonds is 6. The lowest BCUT2D eigenvalue weighted by Crippen LogP contribution is -2.42. The van der Waals surface area contributed by atoms with E-state index in [0.717, 1.165) is 53.8 Å². The van der Waals surface area contributed by atoms with Crippen molar-refractivity contribution in [3.63, 3.8) is 0 Å². The number of hydrogen-bond acceptors (Lipinski definition) is 7. The predicted molar refractivity (Wildman–Crippen MR) is 144 cm³/mol. The second kappa shape index (κ2) is 10.4. The average molecular weight is 523 g/mol. The fraction of sp³-hybridized carbons (Fsp3) is 0.500. The summed E-state index contributed by atoms with van der Waals surface area (Å²) in [5.74, 6) is 0.312. The van der Waals surface area contributed by atoms with E-state index in [9.17, 15) is 9.59 Å². The number of fused-ring (bicyclic) bond motifs is 1. The first-order chi connectivity index (χ1) is 17.7. The lowest BCUT2D eigenvalue weighted by atomic mass is 9.96. The third-order valence-electron chi connectivity index (χ3n) is 6.88. The van der Waals surface area contributed by atoms with Gasteiger partial charge in [-0.05, 0) is 81.3 Å². The van der Waals surface area contributed by atoms with Gasteiger partial charge < -0.3 is 14.4 Å². The molecule has 1 aromatic heterocycles. The Morgan fingerprint density at radius 3 is 2.62 bits per heavy atom. The van der Waals surface area contributed by atoms with E-state index < -0.39 is 5.60 Å². The number of hydrogen-bond donors (Lipinski definition) is 1. The molecule has 9 heteroatoms. The highest BCUT2D eigenvalue weighted by Crippen LogP contribution is 2.48. The van der Waals surface area contributed by atoms with Crippen LogP contribution in [0.2, 0.25) is 0 Å². The smallest absolute Gasteiger partial charge is 0.410 e. The molecule has 2 fully saturated rings. The molecule has 196 valence electrons. The van der Waals surface area contributed by atoms with Crippen LogP contribution in [-0.4, -0.2) is 58.5 Å². The molecule has 2 amide bonds. The third kappa shape index (κ3) is 6.10. The molecule has 0 bridgehead atoms. The van der Waals surface area contributed by atoms with Gasteiger partial charge in [0.05, 0.1) is 0 Å². The Morgan fingerprint density at radius 1 is 1.16 bits per heavy atom. The van der Waals surface area contributed by atoms with Crippen LogP contribution in [0.15, 0.2) is 36.4 Å². The molecule has 2 heterocycles. The van der Waals surface area contributed by atoms with Gasteiger partial charge in [-0.3, -0.25) is 10.1 Å². The molecule has 1 saturated heterocycles. The van der Waals surface area contributed by atoms with Crippen molar-refractivity contribution < 1.29 is 19.1 Å². The van der Waals surface area contributed by atoms with E-state index in [-0.39, 0.29) is 24.0 Å². The SMILES string of the molecule is Cc1nnc(NC(=O)c2cc([C@@H]3C[C@H]3N(CC3CCOCC3)C(=O)OC(C)(C)C)c3ccccc3c2)s1. The molecule has 1 saturated carbocycles. The molecule has 0 radical (unpaired) electrons. The van der Waals surface area contributed by atoms with Gasteiger partial charge >= 0.3 is 6.09 Å². The highest BCUT2D eigenvalue weighted by Gasteiger charge is 2.47. The molecule has 37 heavy (non-hydrogen) atoms. The van der Waals surface area contributed by atoms with Crippen LogP contribution in [0.5, 0.6) is 0 Å². The number of amides is 2. The summed E-state index contributed by atoms with van der Waals surface area (Å²) in [5, 5.41) is 14.3. The molecule has 2 aliphatic rings. The van der Waals surface area contributed by atoms with Gasteiger partial charge in [0, 0.05) is 37.3 Å². The Balaban J connectivity index is 1.43. The molecule has 1 aliphatic carbocycles. The minimum atomic E-state index is -0.566. The normalized spacial score (nSPS) is 20.0. The van der Waals surface area contributed by atoms with Crippen molar-refractivity contribution in [2.24, 2.45) is 5.92 Å². The fourth-order valence-electron chi connectivity index (χ4n) is 5.03. The van der Waals surface area contributed by atoms with Gasteiger partial charge in [0.2, 0.25) is 5.13 Å². The van der Waals surface area contributed by atoms with Crippen LogP contribution in [-0.2, 0) is 9.47 Å². The predicted octanol–water partition coefficient (Wildman–Crippen LogP) is 5.77. The summed E-state index contributed by atoms with van der Waals surface area (Å²) in [6, 6.07) is 12.0. The van der Waals surface area contributed by atoms with Crippen LogP contribution in [0.3, 0.4) is 0 Å². The summed E-state index contributed by atoms with van der Waals surface area (Å²) in [7, 11) is 0. The number of nitrogens with one attached hydrogen (secondary N) is 1. The van der Waals surface area contributed by atoms with Gasteiger partial charge in [0.25, 0.3) is 5.91 Å². The summed E-state index contributed by atoms with van der Waals surface area (Å²) < 4.78 is 11.4. The second-order valence-electron chi connectivity index (χ2n) is 11.0. The van der Waals surface area contributed by atoms with Crippen LogP contribution in [0, 0.1) is 12.8 Å². The average Bonchev–Trinajstić information content (AvgIpc) is 3.54.